The van der Waals surface area contributed by atoms with E-state index in [9.17, 15) is 4.79 Å². The molecule has 0 aromatic carbocycles. The van der Waals surface area contributed by atoms with Crippen molar-refractivity contribution < 1.29 is 4.79 Å². The van der Waals surface area contributed by atoms with Crippen molar-refractivity contribution in [3.63, 3.8) is 0 Å². The van der Waals surface area contributed by atoms with Crippen molar-refractivity contribution in [2.45, 2.75) is 19.3 Å². The number of aromatic amines is 1. The summed E-state index contributed by atoms with van der Waals surface area (Å²) in [5.74, 6) is -0.0304. The lowest BCUT2D eigenvalue weighted by Gasteiger charge is -2.14. The SMILES string of the molecule is O=C(NCCCN1CCCC1)c1cc(Br)c[nH]1. The molecule has 1 amide bonds. The lowest BCUT2D eigenvalue weighted by atomic mass is 10.3. The Balaban J connectivity index is 1.63. The van der Waals surface area contributed by atoms with E-state index >= 15 is 0 Å². The van der Waals surface area contributed by atoms with Gasteiger partial charge in [0.1, 0.15) is 5.69 Å². The second kappa shape index (κ2) is 6.21. The van der Waals surface area contributed by atoms with E-state index in [0.717, 1.165) is 24.0 Å². The van der Waals surface area contributed by atoms with E-state index < -0.39 is 0 Å². The number of nitrogens with zero attached hydrogens (tertiary/aromatic N) is 1. The third-order valence-corrected chi connectivity index (χ3v) is 3.49. The first-order valence-electron chi connectivity index (χ1n) is 6.10. The largest absolute Gasteiger partial charge is 0.356 e. The number of carbonyl (C=O) groups excluding carboxylic acids is 1. The number of rotatable bonds is 5. The van der Waals surface area contributed by atoms with Crippen LogP contribution in [0.3, 0.4) is 0 Å². The zero-order chi connectivity index (χ0) is 12.1. The van der Waals surface area contributed by atoms with E-state index in [0.29, 0.717) is 5.69 Å². The topological polar surface area (TPSA) is 48.1 Å². The van der Waals surface area contributed by atoms with Crippen LogP contribution >= 0.6 is 15.9 Å². The fourth-order valence-corrected chi connectivity index (χ4v) is 2.45. The van der Waals surface area contributed by atoms with Gasteiger partial charge in [-0.3, -0.25) is 4.79 Å². The van der Waals surface area contributed by atoms with Crippen molar-refractivity contribution in [1.82, 2.24) is 15.2 Å². The van der Waals surface area contributed by atoms with Gasteiger partial charge in [-0.15, -0.1) is 0 Å². The Bertz CT molecular complexity index is 372. The van der Waals surface area contributed by atoms with Gasteiger partial charge in [-0.25, -0.2) is 0 Å². The molecule has 0 radical (unpaired) electrons. The van der Waals surface area contributed by atoms with E-state index in [4.69, 9.17) is 0 Å². The Morgan fingerprint density at radius 1 is 1.47 bits per heavy atom. The van der Waals surface area contributed by atoms with Crippen molar-refractivity contribution in [2.24, 2.45) is 0 Å². The number of hydrogen-bond acceptors (Lipinski definition) is 2. The molecule has 0 unspecified atom stereocenters. The average molecular weight is 300 g/mol. The quantitative estimate of drug-likeness (QED) is 0.817. The summed E-state index contributed by atoms with van der Waals surface area (Å²) in [5.41, 5.74) is 0.609. The van der Waals surface area contributed by atoms with E-state index in [1.165, 1.54) is 25.9 Å². The summed E-state index contributed by atoms with van der Waals surface area (Å²) >= 11 is 3.31. The molecule has 1 saturated heterocycles. The van der Waals surface area contributed by atoms with E-state index in [2.05, 4.69) is 31.1 Å². The number of halogens is 1. The number of H-pyrrole nitrogens is 1. The number of hydrogen-bond donors (Lipinski definition) is 2. The van der Waals surface area contributed by atoms with Gasteiger partial charge in [0.2, 0.25) is 0 Å². The molecule has 1 aromatic heterocycles. The van der Waals surface area contributed by atoms with Gasteiger partial charge >= 0.3 is 0 Å². The zero-order valence-electron chi connectivity index (χ0n) is 9.84. The monoisotopic (exact) mass is 299 g/mol. The molecular weight excluding hydrogens is 282 g/mol. The lowest BCUT2D eigenvalue weighted by Crippen LogP contribution is -2.28. The minimum absolute atomic E-state index is 0.0304. The van der Waals surface area contributed by atoms with Crippen LogP contribution in [-0.4, -0.2) is 42.0 Å². The molecule has 5 heteroatoms. The van der Waals surface area contributed by atoms with Gasteiger partial charge in [-0.1, -0.05) is 0 Å². The number of carbonyl (C=O) groups is 1. The molecule has 17 heavy (non-hydrogen) atoms. The molecule has 0 bridgehead atoms. The molecule has 0 spiro atoms. The van der Waals surface area contributed by atoms with Gasteiger partial charge in [0.05, 0.1) is 0 Å². The van der Waals surface area contributed by atoms with Gasteiger partial charge in [-0.2, -0.15) is 0 Å². The Labute approximate surface area is 110 Å². The summed E-state index contributed by atoms with van der Waals surface area (Å²) in [7, 11) is 0. The number of nitrogens with one attached hydrogen (secondary N) is 2. The molecule has 2 N–H and O–H groups in total. The summed E-state index contributed by atoms with van der Waals surface area (Å²) in [6, 6.07) is 1.79. The number of amides is 1. The highest BCUT2D eigenvalue weighted by atomic mass is 79.9. The Morgan fingerprint density at radius 3 is 2.88 bits per heavy atom. The van der Waals surface area contributed by atoms with Crippen LogP contribution in [-0.2, 0) is 0 Å². The van der Waals surface area contributed by atoms with Crippen molar-refractivity contribution >= 4 is 21.8 Å². The maximum absolute atomic E-state index is 11.7. The van der Waals surface area contributed by atoms with Crippen LogP contribution < -0.4 is 5.32 Å². The van der Waals surface area contributed by atoms with E-state index in [1.54, 1.807) is 12.3 Å². The standard InChI is InChI=1S/C12H18BrN3O/c13-10-8-11(15-9-10)12(17)14-4-3-7-16-5-1-2-6-16/h8-9,15H,1-7H2,(H,14,17). The number of likely N-dealkylation sites (tertiary alicyclic amines) is 1. The first-order chi connectivity index (χ1) is 8.25. The Morgan fingerprint density at radius 2 is 2.24 bits per heavy atom. The summed E-state index contributed by atoms with van der Waals surface area (Å²) in [6.07, 6.45) is 5.43. The van der Waals surface area contributed by atoms with Crippen LogP contribution in [0.15, 0.2) is 16.7 Å². The second-order valence-electron chi connectivity index (χ2n) is 4.39. The molecule has 2 rings (SSSR count). The minimum atomic E-state index is -0.0304. The fraction of sp³-hybridized carbons (Fsp3) is 0.583. The molecule has 94 valence electrons. The van der Waals surface area contributed by atoms with Gasteiger partial charge in [0.25, 0.3) is 5.91 Å². The smallest absolute Gasteiger partial charge is 0.267 e. The van der Waals surface area contributed by atoms with Crippen molar-refractivity contribution in [3.8, 4) is 0 Å². The first kappa shape index (κ1) is 12.6. The Kier molecular flexibility index (Phi) is 4.62. The van der Waals surface area contributed by atoms with Crippen LogP contribution in [0, 0.1) is 0 Å². The zero-order valence-corrected chi connectivity index (χ0v) is 11.4. The van der Waals surface area contributed by atoms with E-state index in [-0.39, 0.29) is 5.91 Å². The summed E-state index contributed by atoms with van der Waals surface area (Å²) in [5, 5.41) is 2.92. The molecule has 0 aliphatic carbocycles. The first-order valence-corrected chi connectivity index (χ1v) is 6.89. The molecule has 2 heterocycles. The van der Waals surface area contributed by atoms with Crippen molar-refractivity contribution in [2.75, 3.05) is 26.2 Å². The third kappa shape index (κ3) is 3.85. The summed E-state index contributed by atoms with van der Waals surface area (Å²) < 4.78 is 0.903. The highest BCUT2D eigenvalue weighted by Gasteiger charge is 2.11. The second-order valence-corrected chi connectivity index (χ2v) is 5.31. The number of aromatic nitrogens is 1. The minimum Gasteiger partial charge on any atom is -0.356 e. The van der Waals surface area contributed by atoms with Crippen LogP contribution in [0.5, 0.6) is 0 Å². The maximum atomic E-state index is 11.7. The molecule has 1 aliphatic heterocycles. The van der Waals surface area contributed by atoms with Gasteiger partial charge in [0, 0.05) is 17.2 Å². The van der Waals surface area contributed by atoms with Crippen molar-refractivity contribution in [3.05, 3.63) is 22.4 Å². The highest BCUT2D eigenvalue weighted by Crippen LogP contribution is 2.10. The molecule has 1 aromatic rings. The molecule has 0 atom stereocenters. The molecule has 4 nitrogen and oxygen atoms in total. The maximum Gasteiger partial charge on any atom is 0.267 e. The Hall–Kier alpha value is -0.810. The molecular formula is C12H18BrN3O. The van der Waals surface area contributed by atoms with Crippen molar-refractivity contribution in [1.29, 1.82) is 0 Å². The van der Waals surface area contributed by atoms with Crippen LogP contribution in [0.4, 0.5) is 0 Å². The van der Waals surface area contributed by atoms with Crippen LogP contribution in [0.25, 0.3) is 0 Å². The van der Waals surface area contributed by atoms with Gasteiger partial charge in [0.15, 0.2) is 0 Å². The van der Waals surface area contributed by atoms with Crippen LogP contribution in [0.2, 0.25) is 0 Å². The third-order valence-electron chi connectivity index (χ3n) is 3.03. The van der Waals surface area contributed by atoms with Gasteiger partial charge < -0.3 is 15.2 Å². The summed E-state index contributed by atoms with van der Waals surface area (Å²) in [6.45, 7) is 4.27. The lowest BCUT2D eigenvalue weighted by molar-refractivity contribution is 0.0947. The molecule has 1 aliphatic rings. The summed E-state index contributed by atoms with van der Waals surface area (Å²) in [4.78, 5) is 17.1. The normalized spacial score (nSPS) is 16.3. The fourth-order valence-electron chi connectivity index (χ4n) is 2.11. The van der Waals surface area contributed by atoms with Gasteiger partial charge in [-0.05, 0) is 60.9 Å². The molecule has 1 fully saturated rings. The van der Waals surface area contributed by atoms with E-state index in [1.807, 2.05) is 0 Å². The molecule has 0 saturated carbocycles. The predicted molar refractivity (Wildman–Crippen MR) is 71.1 cm³/mol. The highest BCUT2D eigenvalue weighted by molar-refractivity contribution is 9.10. The average Bonchev–Trinajstić information content (AvgIpc) is 2.95. The predicted octanol–water partition coefficient (Wildman–Crippen LogP) is 1.99. The van der Waals surface area contributed by atoms with Crippen LogP contribution in [0.1, 0.15) is 29.8 Å².